The molecular weight excluding hydrogens is 509 g/mol. The van der Waals surface area contributed by atoms with E-state index < -0.39 is 5.92 Å². The highest BCUT2D eigenvalue weighted by molar-refractivity contribution is 5.94. The van der Waals surface area contributed by atoms with Gasteiger partial charge in [0.15, 0.2) is 0 Å². The standard InChI is InChI=1S/C32H28FN3O4/c1-3-18-20-12-26-30-21(14-36(26)31(38)22(20)15-40-32(18)39)29-24(34-27(37)11-17-7-5-4-6-8-17)10-9-19-16(2)23(33)13-25(35-30)28(19)29/h4-8,12-13,18,24H,3,9-11,14-15H2,1-2H3,(H,34,37). The molecule has 8 heteroatoms. The smallest absolute Gasteiger partial charge is 0.313 e. The minimum absolute atomic E-state index is 0.0465. The van der Waals surface area contributed by atoms with Crippen molar-refractivity contribution in [3.8, 4) is 11.4 Å². The van der Waals surface area contributed by atoms with Gasteiger partial charge >= 0.3 is 5.97 Å². The molecule has 2 aromatic carbocycles. The summed E-state index contributed by atoms with van der Waals surface area (Å²) < 4.78 is 22.1. The van der Waals surface area contributed by atoms with Crippen LogP contribution in [-0.4, -0.2) is 21.4 Å². The maximum atomic E-state index is 15.1. The summed E-state index contributed by atoms with van der Waals surface area (Å²) in [6.45, 7) is 3.92. The number of rotatable bonds is 4. The molecule has 0 bridgehead atoms. The number of aryl methyl sites for hydroxylation is 1. The molecule has 2 aromatic heterocycles. The Balaban J connectivity index is 1.40. The molecule has 1 N–H and O–H groups in total. The van der Waals surface area contributed by atoms with Crippen molar-refractivity contribution in [3.63, 3.8) is 0 Å². The van der Waals surface area contributed by atoms with Crippen LogP contribution >= 0.6 is 0 Å². The number of pyridine rings is 2. The van der Waals surface area contributed by atoms with Gasteiger partial charge in [-0.1, -0.05) is 37.3 Å². The first kappa shape index (κ1) is 24.7. The number of fused-ring (bicyclic) bond motifs is 5. The number of hydrogen-bond donors (Lipinski definition) is 1. The van der Waals surface area contributed by atoms with Gasteiger partial charge in [0.25, 0.3) is 5.56 Å². The number of carbonyl (C=O) groups is 2. The van der Waals surface area contributed by atoms with Gasteiger partial charge in [-0.25, -0.2) is 9.37 Å². The number of esters is 1. The van der Waals surface area contributed by atoms with Gasteiger partial charge < -0.3 is 14.6 Å². The minimum Gasteiger partial charge on any atom is -0.460 e. The van der Waals surface area contributed by atoms with Crippen LogP contribution < -0.4 is 10.9 Å². The van der Waals surface area contributed by atoms with Crippen LogP contribution in [0.15, 0.2) is 47.3 Å². The Morgan fingerprint density at radius 1 is 1.15 bits per heavy atom. The molecule has 7 nitrogen and oxygen atoms in total. The highest BCUT2D eigenvalue weighted by atomic mass is 19.1. The zero-order valence-corrected chi connectivity index (χ0v) is 22.3. The normalized spacial score (nSPS) is 18.6. The first-order chi connectivity index (χ1) is 19.4. The fourth-order valence-corrected chi connectivity index (χ4v) is 6.75. The van der Waals surface area contributed by atoms with Crippen LogP contribution in [-0.2, 0) is 40.3 Å². The predicted octanol–water partition coefficient (Wildman–Crippen LogP) is 4.77. The number of amides is 1. The maximum Gasteiger partial charge on any atom is 0.313 e. The quantitative estimate of drug-likeness (QED) is 0.334. The average molecular weight is 538 g/mol. The molecule has 202 valence electrons. The van der Waals surface area contributed by atoms with Crippen LogP contribution in [0.4, 0.5) is 4.39 Å². The number of aromatic nitrogens is 2. The number of carbonyl (C=O) groups excluding carboxylic acids is 2. The lowest BCUT2D eigenvalue weighted by Crippen LogP contribution is -2.33. The van der Waals surface area contributed by atoms with E-state index in [1.165, 1.54) is 6.07 Å². The number of nitrogens with zero attached hydrogens (tertiary/aromatic N) is 2. The molecule has 0 fully saturated rings. The van der Waals surface area contributed by atoms with Crippen LogP contribution in [0.5, 0.6) is 0 Å². The minimum atomic E-state index is -0.512. The van der Waals surface area contributed by atoms with Crippen LogP contribution in [0, 0.1) is 12.7 Å². The van der Waals surface area contributed by atoms with Crippen LogP contribution in [0.1, 0.15) is 70.7 Å². The first-order valence-electron chi connectivity index (χ1n) is 13.8. The summed E-state index contributed by atoms with van der Waals surface area (Å²) in [4.78, 5) is 44.3. The molecule has 4 heterocycles. The molecule has 0 radical (unpaired) electrons. The highest BCUT2D eigenvalue weighted by Gasteiger charge is 2.37. The number of benzene rings is 2. The monoisotopic (exact) mass is 537 g/mol. The van der Waals surface area contributed by atoms with E-state index in [4.69, 9.17) is 9.72 Å². The van der Waals surface area contributed by atoms with E-state index in [0.29, 0.717) is 59.4 Å². The highest BCUT2D eigenvalue weighted by Crippen LogP contribution is 2.45. The van der Waals surface area contributed by atoms with E-state index in [9.17, 15) is 14.4 Å². The predicted molar refractivity (Wildman–Crippen MR) is 147 cm³/mol. The molecule has 0 spiro atoms. The summed E-state index contributed by atoms with van der Waals surface area (Å²) >= 11 is 0. The molecule has 3 aliphatic rings. The SMILES string of the molecule is CCC1C(=O)OCc2c1cc1n(c2=O)Cc2c-1nc1cc(F)c(C)c3c1c2C(NC(=O)Cc1ccccc1)CC3. The van der Waals surface area contributed by atoms with Crippen molar-refractivity contribution < 1.29 is 18.7 Å². The van der Waals surface area contributed by atoms with Crippen molar-refractivity contribution in [1.29, 1.82) is 0 Å². The van der Waals surface area contributed by atoms with Crippen LogP contribution in [0.3, 0.4) is 0 Å². The molecule has 0 saturated carbocycles. The third kappa shape index (κ3) is 3.62. The molecule has 7 rings (SSSR count). The lowest BCUT2D eigenvalue weighted by molar-refractivity contribution is -0.148. The largest absolute Gasteiger partial charge is 0.460 e. The Kier molecular flexibility index (Phi) is 5.63. The number of cyclic esters (lactones) is 1. The summed E-state index contributed by atoms with van der Waals surface area (Å²) in [6.07, 6.45) is 2.00. The van der Waals surface area contributed by atoms with Gasteiger partial charge in [0.1, 0.15) is 12.4 Å². The number of halogens is 1. The summed E-state index contributed by atoms with van der Waals surface area (Å²) in [5.74, 6) is -1.26. The van der Waals surface area contributed by atoms with Gasteiger partial charge in [0.2, 0.25) is 5.91 Å². The van der Waals surface area contributed by atoms with E-state index in [-0.39, 0.29) is 42.3 Å². The Morgan fingerprint density at radius 2 is 1.95 bits per heavy atom. The number of hydrogen-bond acceptors (Lipinski definition) is 5. The van der Waals surface area contributed by atoms with Crippen molar-refractivity contribution in [2.45, 2.75) is 64.6 Å². The van der Waals surface area contributed by atoms with Gasteiger partial charge in [-0.05, 0) is 60.1 Å². The molecule has 4 aromatic rings. The second-order valence-corrected chi connectivity index (χ2v) is 11.0. The second kappa shape index (κ2) is 9.11. The van der Waals surface area contributed by atoms with Crippen LogP contribution in [0.2, 0.25) is 0 Å². The van der Waals surface area contributed by atoms with Gasteiger partial charge in [0, 0.05) is 17.0 Å². The third-order valence-electron chi connectivity index (χ3n) is 8.74. The van der Waals surface area contributed by atoms with E-state index in [1.807, 2.05) is 43.3 Å². The Labute approximate surface area is 230 Å². The summed E-state index contributed by atoms with van der Waals surface area (Å²) in [5.41, 5.74) is 6.91. The summed E-state index contributed by atoms with van der Waals surface area (Å²) in [6, 6.07) is 12.6. The maximum absolute atomic E-state index is 15.1. The van der Waals surface area contributed by atoms with Gasteiger partial charge in [0.05, 0.1) is 47.4 Å². The lowest BCUT2D eigenvalue weighted by Gasteiger charge is -2.30. The van der Waals surface area contributed by atoms with Crippen molar-refractivity contribution in [2.24, 2.45) is 0 Å². The fraction of sp³-hybridized carbons (Fsp3) is 0.312. The second-order valence-electron chi connectivity index (χ2n) is 11.0. The number of nitrogens with one attached hydrogen (secondary N) is 1. The molecular formula is C32H28FN3O4. The Morgan fingerprint density at radius 3 is 2.73 bits per heavy atom. The Hall–Kier alpha value is -4.33. The fourth-order valence-electron chi connectivity index (χ4n) is 6.75. The molecule has 1 amide bonds. The van der Waals surface area contributed by atoms with Crippen molar-refractivity contribution in [2.75, 3.05) is 0 Å². The lowest BCUT2D eigenvalue weighted by atomic mass is 9.81. The molecule has 2 aliphatic heterocycles. The van der Waals surface area contributed by atoms with Gasteiger partial charge in [-0.2, -0.15) is 0 Å². The van der Waals surface area contributed by atoms with E-state index in [2.05, 4.69) is 5.32 Å². The summed E-state index contributed by atoms with van der Waals surface area (Å²) in [7, 11) is 0. The van der Waals surface area contributed by atoms with E-state index in [0.717, 1.165) is 27.6 Å². The molecule has 0 saturated heterocycles. The van der Waals surface area contributed by atoms with Crippen molar-refractivity contribution in [3.05, 3.63) is 97.6 Å². The molecule has 40 heavy (non-hydrogen) atoms. The van der Waals surface area contributed by atoms with Crippen molar-refractivity contribution >= 4 is 22.8 Å². The Bertz CT molecular complexity index is 1810. The zero-order chi connectivity index (χ0) is 27.7. The van der Waals surface area contributed by atoms with Gasteiger partial charge in [-0.15, -0.1) is 0 Å². The van der Waals surface area contributed by atoms with E-state index >= 15 is 4.39 Å². The first-order valence-corrected chi connectivity index (χ1v) is 13.8. The molecule has 1 aliphatic carbocycles. The topological polar surface area (TPSA) is 90.3 Å². The molecule has 2 unspecified atom stereocenters. The van der Waals surface area contributed by atoms with Crippen LogP contribution in [0.25, 0.3) is 22.3 Å². The third-order valence-corrected chi connectivity index (χ3v) is 8.74. The van der Waals surface area contributed by atoms with Gasteiger partial charge in [-0.3, -0.25) is 14.4 Å². The van der Waals surface area contributed by atoms with Crippen molar-refractivity contribution in [1.82, 2.24) is 14.9 Å². The van der Waals surface area contributed by atoms with E-state index in [1.54, 1.807) is 11.5 Å². The molecule has 2 atom stereocenters. The average Bonchev–Trinajstić information content (AvgIpc) is 3.31. The zero-order valence-electron chi connectivity index (χ0n) is 22.3. The number of ether oxygens (including phenoxy) is 1. The summed E-state index contributed by atoms with van der Waals surface area (Å²) in [5, 5.41) is 4.10.